The van der Waals surface area contributed by atoms with Gasteiger partial charge in [-0.05, 0) is 17.8 Å². The Balaban J connectivity index is 3.30. The zero-order valence-electron chi connectivity index (χ0n) is 10.6. The number of aryl methyl sites for hydroxylation is 1. The Bertz CT molecular complexity index is 391. The summed E-state index contributed by atoms with van der Waals surface area (Å²) in [5.41, 5.74) is 2.04. The fourth-order valence-electron chi connectivity index (χ4n) is 1.97. The van der Waals surface area contributed by atoms with E-state index in [1.54, 1.807) is 0 Å². The molecule has 0 aliphatic heterocycles. The molecule has 3 nitrogen and oxygen atoms in total. The molecule has 86 valence electrons. The summed E-state index contributed by atoms with van der Waals surface area (Å²) < 4.78 is 1.86. The Morgan fingerprint density at radius 2 is 1.87 bits per heavy atom. The average molecular weight is 210 g/mol. The van der Waals surface area contributed by atoms with E-state index in [9.17, 15) is 4.79 Å². The highest BCUT2D eigenvalue weighted by Gasteiger charge is 2.25. The van der Waals surface area contributed by atoms with Crippen LogP contribution in [0.5, 0.6) is 0 Å². The molecule has 0 bridgehead atoms. The van der Waals surface area contributed by atoms with E-state index in [1.165, 1.54) is 0 Å². The molecule has 0 atom stereocenters. The van der Waals surface area contributed by atoms with E-state index in [0.29, 0.717) is 5.92 Å². The van der Waals surface area contributed by atoms with Crippen LogP contribution in [0.4, 0.5) is 0 Å². The van der Waals surface area contributed by atoms with Gasteiger partial charge in [0.1, 0.15) is 0 Å². The topological polar surface area (TPSA) is 37.8 Å². The summed E-state index contributed by atoms with van der Waals surface area (Å²) in [6.07, 6.45) is 0.946. The van der Waals surface area contributed by atoms with Gasteiger partial charge in [-0.1, -0.05) is 34.6 Å². The Morgan fingerprint density at radius 1 is 1.33 bits per heavy atom. The number of nitrogens with one attached hydrogen (secondary N) is 1. The number of H-pyrrole nitrogens is 1. The zero-order valence-corrected chi connectivity index (χ0v) is 10.6. The zero-order chi connectivity index (χ0) is 11.8. The van der Waals surface area contributed by atoms with Gasteiger partial charge < -0.3 is 0 Å². The van der Waals surface area contributed by atoms with Gasteiger partial charge in [-0.3, -0.25) is 14.6 Å². The van der Waals surface area contributed by atoms with Gasteiger partial charge in [0.15, 0.2) is 0 Å². The van der Waals surface area contributed by atoms with E-state index in [0.717, 1.165) is 17.7 Å². The molecule has 0 saturated heterocycles. The SMILES string of the molecule is CC(C)Cc1c(C(C)(C)C)c(=O)[nH]n1C. The van der Waals surface area contributed by atoms with E-state index in [1.807, 2.05) is 11.7 Å². The minimum atomic E-state index is -0.0843. The predicted octanol–water partition coefficient (Wildman–Crippen LogP) is 2.21. The minimum absolute atomic E-state index is 0.0562. The molecule has 0 radical (unpaired) electrons. The number of aromatic amines is 1. The molecule has 0 aliphatic rings. The molecule has 15 heavy (non-hydrogen) atoms. The quantitative estimate of drug-likeness (QED) is 0.798. The Kier molecular flexibility index (Phi) is 3.12. The maximum absolute atomic E-state index is 11.8. The summed E-state index contributed by atoms with van der Waals surface area (Å²) >= 11 is 0. The normalized spacial score (nSPS) is 12.5. The van der Waals surface area contributed by atoms with E-state index in [4.69, 9.17) is 0 Å². The van der Waals surface area contributed by atoms with Crippen molar-refractivity contribution < 1.29 is 0 Å². The van der Waals surface area contributed by atoms with Crippen molar-refractivity contribution in [3.8, 4) is 0 Å². The van der Waals surface area contributed by atoms with Gasteiger partial charge in [0.2, 0.25) is 0 Å². The third-order valence-corrected chi connectivity index (χ3v) is 2.54. The molecule has 3 heteroatoms. The summed E-state index contributed by atoms with van der Waals surface area (Å²) in [7, 11) is 1.91. The highest BCUT2D eigenvalue weighted by atomic mass is 16.1. The highest BCUT2D eigenvalue weighted by Crippen LogP contribution is 2.23. The summed E-state index contributed by atoms with van der Waals surface area (Å²) in [6, 6.07) is 0. The monoisotopic (exact) mass is 210 g/mol. The molecular formula is C12H22N2O. The number of rotatable bonds is 2. The van der Waals surface area contributed by atoms with Crippen LogP contribution in [0.1, 0.15) is 45.9 Å². The third kappa shape index (κ3) is 2.52. The van der Waals surface area contributed by atoms with Gasteiger partial charge in [0, 0.05) is 18.3 Å². The largest absolute Gasteiger partial charge is 0.292 e. The van der Waals surface area contributed by atoms with Crippen LogP contribution in [0.25, 0.3) is 0 Å². The minimum Gasteiger partial charge on any atom is -0.292 e. The van der Waals surface area contributed by atoms with Gasteiger partial charge in [-0.15, -0.1) is 0 Å². The van der Waals surface area contributed by atoms with E-state index in [-0.39, 0.29) is 11.0 Å². The fraction of sp³-hybridized carbons (Fsp3) is 0.750. The van der Waals surface area contributed by atoms with Crippen LogP contribution in [0.2, 0.25) is 0 Å². The Hall–Kier alpha value is -0.990. The van der Waals surface area contributed by atoms with Gasteiger partial charge in [-0.2, -0.15) is 0 Å². The number of hydrogen-bond acceptors (Lipinski definition) is 1. The summed E-state index contributed by atoms with van der Waals surface area (Å²) in [5, 5.41) is 2.85. The van der Waals surface area contributed by atoms with Crippen molar-refractivity contribution >= 4 is 0 Å². The van der Waals surface area contributed by atoms with Crippen molar-refractivity contribution in [1.82, 2.24) is 9.78 Å². The van der Waals surface area contributed by atoms with E-state index < -0.39 is 0 Å². The van der Waals surface area contributed by atoms with Gasteiger partial charge in [-0.25, -0.2) is 0 Å². The standard InChI is InChI=1S/C12H22N2O/c1-8(2)7-9-10(12(3,4)5)11(15)13-14(9)6/h8H,7H2,1-6H3,(H,13,15). The number of hydrogen-bond donors (Lipinski definition) is 1. The lowest BCUT2D eigenvalue weighted by Gasteiger charge is -2.19. The first kappa shape index (κ1) is 12.1. The van der Waals surface area contributed by atoms with Crippen molar-refractivity contribution in [1.29, 1.82) is 0 Å². The highest BCUT2D eigenvalue weighted by molar-refractivity contribution is 5.26. The van der Waals surface area contributed by atoms with E-state index in [2.05, 4.69) is 39.7 Å². The molecule has 1 aromatic rings. The molecular weight excluding hydrogens is 188 g/mol. The van der Waals surface area contributed by atoms with Gasteiger partial charge >= 0.3 is 0 Å². The maximum Gasteiger partial charge on any atom is 0.268 e. The van der Waals surface area contributed by atoms with Gasteiger partial charge in [0.25, 0.3) is 5.56 Å². The summed E-state index contributed by atoms with van der Waals surface area (Å²) in [6.45, 7) is 10.6. The second-order valence-corrected chi connectivity index (χ2v) is 5.67. The van der Waals surface area contributed by atoms with Crippen molar-refractivity contribution in [3.05, 3.63) is 21.6 Å². The maximum atomic E-state index is 11.8. The van der Waals surface area contributed by atoms with Crippen LogP contribution in [-0.2, 0) is 18.9 Å². The molecule has 1 N–H and O–H groups in total. The van der Waals surface area contributed by atoms with Crippen molar-refractivity contribution in [2.24, 2.45) is 13.0 Å². The second kappa shape index (κ2) is 3.87. The Labute approximate surface area is 91.5 Å². The molecule has 0 spiro atoms. The van der Waals surface area contributed by atoms with Crippen LogP contribution in [0, 0.1) is 5.92 Å². The summed E-state index contributed by atoms with van der Waals surface area (Å²) in [5.74, 6) is 0.562. The van der Waals surface area contributed by atoms with Crippen molar-refractivity contribution in [2.45, 2.75) is 46.5 Å². The summed E-state index contributed by atoms with van der Waals surface area (Å²) in [4.78, 5) is 11.8. The van der Waals surface area contributed by atoms with Crippen LogP contribution >= 0.6 is 0 Å². The lowest BCUT2D eigenvalue weighted by molar-refractivity contribution is 0.548. The molecule has 0 unspecified atom stereocenters. The molecule has 0 saturated carbocycles. The predicted molar refractivity (Wildman–Crippen MR) is 63.3 cm³/mol. The molecule has 1 rings (SSSR count). The first-order chi connectivity index (χ1) is 6.73. The van der Waals surface area contributed by atoms with Crippen LogP contribution in [0.15, 0.2) is 4.79 Å². The lowest BCUT2D eigenvalue weighted by Crippen LogP contribution is -2.22. The average Bonchev–Trinajstić information content (AvgIpc) is 2.23. The Morgan fingerprint density at radius 3 is 2.27 bits per heavy atom. The number of aromatic nitrogens is 2. The van der Waals surface area contributed by atoms with E-state index >= 15 is 0 Å². The smallest absolute Gasteiger partial charge is 0.268 e. The van der Waals surface area contributed by atoms with Crippen LogP contribution in [0.3, 0.4) is 0 Å². The first-order valence-electron chi connectivity index (χ1n) is 5.52. The molecule has 0 amide bonds. The van der Waals surface area contributed by atoms with Crippen molar-refractivity contribution in [3.63, 3.8) is 0 Å². The fourth-order valence-corrected chi connectivity index (χ4v) is 1.97. The van der Waals surface area contributed by atoms with Crippen LogP contribution in [-0.4, -0.2) is 9.78 Å². The molecule has 1 aromatic heterocycles. The number of nitrogens with zero attached hydrogens (tertiary/aromatic N) is 1. The second-order valence-electron chi connectivity index (χ2n) is 5.67. The molecule has 0 fully saturated rings. The van der Waals surface area contributed by atoms with Crippen LogP contribution < -0.4 is 5.56 Å². The van der Waals surface area contributed by atoms with Gasteiger partial charge in [0.05, 0.1) is 0 Å². The molecule has 0 aromatic carbocycles. The lowest BCUT2D eigenvalue weighted by atomic mass is 9.85. The third-order valence-electron chi connectivity index (χ3n) is 2.54. The first-order valence-corrected chi connectivity index (χ1v) is 5.52. The molecule has 1 heterocycles. The van der Waals surface area contributed by atoms with Crippen molar-refractivity contribution in [2.75, 3.05) is 0 Å². The molecule has 0 aliphatic carbocycles.